The van der Waals surface area contributed by atoms with E-state index in [-0.39, 0.29) is 5.91 Å². The molecular formula is C14H22N6O. The molecule has 21 heavy (non-hydrogen) atoms. The van der Waals surface area contributed by atoms with Crippen LogP contribution in [0, 0.1) is 13.8 Å². The summed E-state index contributed by atoms with van der Waals surface area (Å²) in [7, 11) is 1.79. The maximum absolute atomic E-state index is 12.1. The van der Waals surface area contributed by atoms with E-state index < -0.39 is 0 Å². The van der Waals surface area contributed by atoms with E-state index in [0.717, 1.165) is 30.2 Å². The third-order valence-electron chi connectivity index (χ3n) is 3.24. The highest BCUT2D eigenvalue weighted by Gasteiger charge is 2.12. The summed E-state index contributed by atoms with van der Waals surface area (Å²) in [5.74, 6) is 1.49. The zero-order chi connectivity index (χ0) is 15.4. The van der Waals surface area contributed by atoms with Gasteiger partial charge in [-0.15, -0.1) is 0 Å². The Morgan fingerprint density at radius 1 is 1.33 bits per heavy atom. The monoisotopic (exact) mass is 290 g/mol. The van der Waals surface area contributed by atoms with Crippen molar-refractivity contribution in [3.63, 3.8) is 0 Å². The van der Waals surface area contributed by atoms with E-state index >= 15 is 0 Å². The Kier molecular flexibility index (Phi) is 4.72. The quantitative estimate of drug-likeness (QED) is 0.861. The molecule has 0 bridgehead atoms. The first kappa shape index (κ1) is 15.2. The fourth-order valence-electron chi connectivity index (χ4n) is 2.26. The smallest absolute Gasteiger partial charge is 0.269 e. The molecule has 0 spiro atoms. The minimum atomic E-state index is -0.109. The average Bonchev–Trinajstić information content (AvgIpc) is 2.93. The van der Waals surface area contributed by atoms with Crippen LogP contribution in [0.2, 0.25) is 0 Å². The largest absolute Gasteiger partial charge is 0.349 e. The van der Waals surface area contributed by atoms with Crippen LogP contribution in [0.3, 0.4) is 0 Å². The SMILES string of the molecule is CCCc1cc(C(=O)NCCn2nc(C)nc2C)n(C)n1. The third kappa shape index (κ3) is 3.68. The molecule has 2 aromatic heterocycles. The molecule has 0 atom stereocenters. The number of aromatic nitrogens is 5. The number of amides is 1. The van der Waals surface area contributed by atoms with E-state index in [1.165, 1.54) is 0 Å². The van der Waals surface area contributed by atoms with E-state index in [0.29, 0.717) is 18.8 Å². The lowest BCUT2D eigenvalue weighted by Crippen LogP contribution is -2.29. The number of hydrogen-bond donors (Lipinski definition) is 1. The number of hydrogen-bond acceptors (Lipinski definition) is 4. The maximum Gasteiger partial charge on any atom is 0.269 e. The van der Waals surface area contributed by atoms with Crippen molar-refractivity contribution < 1.29 is 4.79 Å². The summed E-state index contributed by atoms with van der Waals surface area (Å²) in [6, 6.07) is 1.85. The molecule has 114 valence electrons. The molecule has 2 aromatic rings. The van der Waals surface area contributed by atoms with Crippen LogP contribution < -0.4 is 5.32 Å². The van der Waals surface area contributed by atoms with Gasteiger partial charge in [0.25, 0.3) is 5.91 Å². The fourth-order valence-corrected chi connectivity index (χ4v) is 2.26. The Morgan fingerprint density at radius 3 is 2.71 bits per heavy atom. The Morgan fingerprint density at radius 2 is 2.10 bits per heavy atom. The molecule has 0 saturated heterocycles. The van der Waals surface area contributed by atoms with Crippen LogP contribution in [0.4, 0.5) is 0 Å². The van der Waals surface area contributed by atoms with E-state index in [1.807, 2.05) is 19.9 Å². The number of carbonyl (C=O) groups is 1. The molecule has 0 fully saturated rings. The Balaban J connectivity index is 1.91. The predicted octanol–water partition coefficient (Wildman–Crippen LogP) is 1.01. The van der Waals surface area contributed by atoms with Gasteiger partial charge in [-0.25, -0.2) is 9.67 Å². The lowest BCUT2D eigenvalue weighted by molar-refractivity contribution is 0.0942. The molecule has 7 heteroatoms. The number of rotatable bonds is 6. The molecule has 7 nitrogen and oxygen atoms in total. The topological polar surface area (TPSA) is 77.6 Å². The average molecular weight is 290 g/mol. The van der Waals surface area contributed by atoms with Gasteiger partial charge in [0.15, 0.2) is 0 Å². The van der Waals surface area contributed by atoms with Crippen LogP contribution >= 0.6 is 0 Å². The van der Waals surface area contributed by atoms with E-state index in [9.17, 15) is 4.79 Å². The van der Waals surface area contributed by atoms with Gasteiger partial charge in [0.05, 0.1) is 12.2 Å². The summed E-state index contributed by atoms with van der Waals surface area (Å²) >= 11 is 0. The summed E-state index contributed by atoms with van der Waals surface area (Å²) < 4.78 is 3.42. The fraction of sp³-hybridized carbons (Fsp3) is 0.571. The second-order valence-corrected chi connectivity index (χ2v) is 5.08. The molecule has 0 saturated carbocycles. The van der Waals surface area contributed by atoms with Crippen molar-refractivity contribution in [3.8, 4) is 0 Å². The Hall–Kier alpha value is -2.18. The molecular weight excluding hydrogens is 268 g/mol. The Bertz CT molecular complexity index is 627. The zero-order valence-corrected chi connectivity index (χ0v) is 13.1. The van der Waals surface area contributed by atoms with Crippen molar-refractivity contribution in [2.24, 2.45) is 7.05 Å². The van der Waals surface area contributed by atoms with Gasteiger partial charge >= 0.3 is 0 Å². The molecule has 0 aliphatic rings. The first-order valence-electron chi connectivity index (χ1n) is 7.20. The molecule has 0 radical (unpaired) electrons. The van der Waals surface area contributed by atoms with Gasteiger partial charge in [0.1, 0.15) is 17.3 Å². The molecule has 2 rings (SSSR count). The number of carbonyl (C=O) groups excluding carboxylic acids is 1. The van der Waals surface area contributed by atoms with Crippen LogP contribution in [-0.4, -0.2) is 37.0 Å². The minimum absolute atomic E-state index is 0.109. The standard InChI is InChI=1S/C14H22N6O/c1-5-6-12-9-13(19(4)18-12)14(21)15-7-8-20-11(3)16-10(2)17-20/h9H,5-8H2,1-4H3,(H,15,21). The predicted molar refractivity (Wildman–Crippen MR) is 79.0 cm³/mol. The van der Waals surface area contributed by atoms with Gasteiger partial charge in [-0.3, -0.25) is 9.48 Å². The summed E-state index contributed by atoms with van der Waals surface area (Å²) in [5.41, 5.74) is 1.54. The zero-order valence-electron chi connectivity index (χ0n) is 13.1. The number of nitrogens with one attached hydrogen (secondary N) is 1. The van der Waals surface area contributed by atoms with Crippen molar-refractivity contribution in [2.45, 2.75) is 40.2 Å². The van der Waals surface area contributed by atoms with Crippen LogP contribution in [0.25, 0.3) is 0 Å². The second kappa shape index (κ2) is 6.51. The third-order valence-corrected chi connectivity index (χ3v) is 3.24. The highest BCUT2D eigenvalue weighted by Crippen LogP contribution is 2.05. The minimum Gasteiger partial charge on any atom is -0.349 e. The van der Waals surface area contributed by atoms with Crippen LogP contribution in [0.15, 0.2) is 6.07 Å². The lowest BCUT2D eigenvalue weighted by atomic mass is 10.2. The Labute approximate surface area is 124 Å². The normalized spacial score (nSPS) is 10.9. The van der Waals surface area contributed by atoms with Gasteiger partial charge < -0.3 is 5.32 Å². The van der Waals surface area contributed by atoms with E-state index in [4.69, 9.17) is 0 Å². The molecule has 1 N–H and O–H groups in total. The van der Waals surface area contributed by atoms with Gasteiger partial charge in [0, 0.05) is 13.6 Å². The highest BCUT2D eigenvalue weighted by atomic mass is 16.2. The summed E-state index contributed by atoms with van der Waals surface area (Å²) in [6.45, 7) is 6.97. The molecule has 0 aliphatic carbocycles. The van der Waals surface area contributed by atoms with E-state index in [2.05, 4.69) is 27.4 Å². The molecule has 2 heterocycles. The van der Waals surface area contributed by atoms with Crippen molar-refractivity contribution in [1.82, 2.24) is 29.9 Å². The molecule has 0 unspecified atom stereocenters. The van der Waals surface area contributed by atoms with E-state index in [1.54, 1.807) is 16.4 Å². The summed E-state index contributed by atoms with van der Waals surface area (Å²) in [6.07, 6.45) is 1.90. The van der Waals surface area contributed by atoms with Gasteiger partial charge in [-0.2, -0.15) is 10.2 Å². The number of aryl methyl sites for hydroxylation is 4. The summed E-state index contributed by atoms with van der Waals surface area (Å²) in [5, 5.41) is 11.5. The molecule has 0 aromatic carbocycles. The first-order valence-corrected chi connectivity index (χ1v) is 7.20. The molecule has 1 amide bonds. The van der Waals surface area contributed by atoms with Gasteiger partial charge in [-0.1, -0.05) is 13.3 Å². The van der Waals surface area contributed by atoms with Crippen molar-refractivity contribution in [1.29, 1.82) is 0 Å². The lowest BCUT2D eigenvalue weighted by Gasteiger charge is -2.06. The van der Waals surface area contributed by atoms with Crippen molar-refractivity contribution in [3.05, 3.63) is 29.1 Å². The summed E-state index contributed by atoms with van der Waals surface area (Å²) in [4.78, 5) is 16.4. The number of nitrogens with zero attached hydrogens (tertiary/aromatic N) is 5. The van der Waals surface area contributed by atoms with Crippen LogP contribution in [-0.2, 0) is 20.0 Å². The van der Waals surface area contributed by atoms with Gasteiger partial charge in [0.2, 0.25) is 0 Å². The first-order chi connectivity index (χ1) is 10.0. The second-order valence-electron chi connectivity index (χ2n) is 5.08. The van der Waals surface area contributed by atoms with Crippen molar-refractivity contribution >= 4 is 5.91 Å². The highest BCUT2D eigenvalue weighted by molar-refractivity contribution is 5.92. The van der Waals surface area contributed by atoms with Crippen molar-refractivity contribution in [2.75, 3.05) is 6.54 Å². The van der Waals surface area contributed by atoms with Crippen LogP contribution in [0.5, 0.6) is 0 Å². The maximum atomic E-state index is 12.1. The van der Waals surface area contributed by atoms with Gasteiger partial charge in [-0.05, 0) is 26.3 Å². The molecule has 0 aliphatic heterocycles. The van der Waals surface area contributed by atoms with Crippen LogP contribution in [0.1, 0.15) is 41.2 Å².